The molecule has 142 valence electrons. The van der Waals surface area contributed by atoms with E-state index >= 15 is 0 Å². The van der Waals surface area contributed by atoms with E-state index in [-0.39, 0.29) is 36.4 Å². The largest absolute Gasteiger partial charge is 0.418 e. The van der Waals surface area contributed by atoms with Crippen LogP contribution in [0.4, 0.5) is 18.9 Å². The van der Waals surface area contributed by atoms with E-state index in [9.17, 15) is 18.0 Å². The van der Waals surface area contributed by atoms with Gasteiger partial charge < -0.3 is 15.5 Å². The summed E-state index contributed by atoms with van der Waals surface area (Å²) in [6.45, 7) is 1.52. The monoisotopic (exact) mass is 463 g/mol. The molecule has 0 atom stereocenters. The molecule has 0 aromatic heterocycles. The first-order chi connectivity index (χ1) is 10.7. The van der Waals surface area contributed by atoms with Crippen molar-refractivity contribution in [1.82, 2.24) is 4.90 Å². The normalized spacial score (nSPS) is 18.9. The molecule has 2 N–H and O–H groups in total. The average Bonchev–Trinajstić information content (AvgIpc) is 3.25. The smallest absolute Gasteiger partial charge is 0.367 e. The van der Waals surface area contributed by atoms with E-state index in [4.69, 9.17) is 5.73 Å². The Balaban J connectivity index is 0.00000156. The van der Waals surface area contributed by atoms with Gasteiger partial charge in [-0.2, -0.15) is 13.2 Å². The van der Waals surface area contributed by atoms with E-state index in [1.165, 1.54) is 6.07 Å². The molecule has 4 nitrogen and oxygen atoms in total. The van der Waals surface area contributed by atoms with Gasteiger partial charge in [0.2, 0.25) is 5.91 Å². The van der Waals surface area contributed by atoms with Crippen LogP contribution in [0.2, 0.25) is 0 Å². The molecule has 1 aromatic rings. The minimum atomic E-state index is -4.42. The third-order valence-corrected chi connectivity index (χ3v) is 4.88. The molecule has 1 aliphatic carbocycles. The van der Waals surface area contributed by atoms with Crippen LogP contribution in [0.25, 0.3) is 0 Å². The first-order valence-electron chi connectivity index (χ1n) is 7.41. The van der Waals surface area contributed by atoms with E-state index in [0.717, 1.165) is 6.07 Å². The van der Waals surface area contributed by atoms with Crippen LogP contribution >= 0.6 is 40.7 Å². The number of nitrogens with two attached hydrogens (primary N) is 1. The lowest BCUT2D eigenvalue weighted by molar-refractivity contribution is -0.137. The number of anilines is 1. The van der Waals surface area contributed by atoms with Gasteiger partial charge >= 0.3 is 6.18 Å². The van der Waals surface area contributed by atoms with Crippen LogP contribution in [0.1, 0.15) is 18.4 Å². The molecule has 25 heavy (non-hydrogen) atoms. The fraction of sp³-hybridized carbons (Fsp3) is 0.533. The number of nitrogens with zero attached hydrogens (tertiary/aromatic N) is 2. The maximum atomic E-state index is 13.2. The molecule has 0 bridgehead atoms. The van der Waals surface area contributed by atoms with Crippen molar-refractivity contribution in [2.24, 2.45) is 5.73 Å². The second-order valence-electron chi connectivity index (χ2n) is 6.09. The van der Waals surface area contributed by atoms with Crippen LogP contribution in [0.15, 0.2) is 22.7 Å². The summed E-state index contributed by atoms with van der Waals surface area (Å²) < 4.78 is 40.1. The summed E-state index contributed by atoms with van der Waals surface area (Å²) in [5, 5.41) is 0. The van der Waals surface area contributed by atoms with Gasteiger partial charge in [-0.3, -0.25) is 4.79 Å². The van der Waals surface area contributed by atoms with Crippen molar-refractivity contribution >= 4 is 52.3 Å². The van der Waals surface area contributed by atoms with Crippen molar-refractivity contribution in [3.05, 3.63) is 28.2 Å². The fourth-order valence-corrected chi connectivity index (χ4v) is 3.19. The Labute approximate surface area is 164 Å². The average molecular weight is 465 g/mol. The van der Waals surface area contributed by atoms with Gasteiger partial charge in [0.05, 0.1) is 11.1 Å². The van der Waals surface area contributed by atoms with Gasteiger partial charge in [0.15, 0.2) is 0 Å². The molecule has 1 aliphatic heterocycles. The topological polar surface area (TPSA) is 49.6 Å². The van der Waals surface area contributed by atoms with Crippen molar-refractivity contribution in [1.29, 1.82) is 0 Å². The zero-order valence-electron chi connectivity index (χ0n) is 13.2. The molecule has 2 fully saturated rings. The standard InChI is InChI=1S/C15H17BrF3N3O.2ClH/c16-10-1-2-12(11(9-10)15(17,18)19)21-5-7-22(8-6-21)13(23)14(20)3-4-14;;/h1-2,9H,3-8,20H2;2*1H. The van der Waals surface area contributed by atoms with Crippen LogP contribution < -0.4 is 10.6 Å². The number of piperazine rings is 1. The zero-order valence-corrected chi connectivity index (χ0v) is 16.4. The zero-order chi connectivity index (χ0) is 16.8. The number of halogens is 6. The summed E-state index contributed by atoms with van der Waals surface area (Å²) in [4.78, 5) is 15.5. The highest BCUT2D eigenvalue weighted by atomic mass is 79.9. The number of benzene rings is 1. The molecule has 10 heteroatoms. The predicted molar refractivity (Wildman–Crippen MR) is 98.6 cm³/mol. The number of alkyl halides is 3. The van der Waals surface area contributed by atoms with E-state index in [1.54, 1.807) is 15.9 Å². The summed E-state index contributed by atoms with van der Waals surface area (Å²) in [6, 6.07) is 4.16. The Kier molecular flexibility index (Phi) is 7.06. The molecule has 1 saturated heterocycles. The van der Waals surface area contributed by atoms with E-state index in [0.29, 0.717) is 43.5 Å². The maximum absolute atomic E-state index is 13.2. The van der Waals surface area contributed by atoms with Gasteiger partial charge in [-0.25, -0.2) is 0 Å². The lowest BCUT2D eigenvalue weighted by Crippen LogP contribution is -2.54. The SMILES string of the molecule is Cl.Cl.NC1(C(=O)N2CCN(c3ccc(Br)cc3C(F)(F)F)CC2)CC1. The molecule has 1 saturated carbocycles. The Morgan fingerprint density at radius 1 is 1.12 bits per heavy atom. The predicted octanol–water partition coefficient (Wildman–Crippen LogP) is 3.45. The minimum Gasteiger partial charge on any atom is -0.367 e. The minimum absolute atomic E-state index is 0. The lowest BCUT2D eigenvalue weighted by atomic mass is 10.1. The van der Waals surface area contributed by atoms with Gasteiger partial charge in [0.1, 0.15) is 0 Å². The van der Waals surface area contributed by atoms with Crippen molar-refractivity contribution in [2.45, 2.75) is 24.6 Å². The van der Waals surface area contributed by atoms with Gasteiger partial charge in [-0.05, 0) is 31.0 Å². The Morgan fingerprint density at radius 2 is 1.68 bits per heavy atom. The molecule has 0 spiro atoms. The molecule has 0 radical (unpaired) electrons. The van der Waals surface area contributed by atoms with Gasteiger partial charge in [0, 0.05) is 36.3 Å². The van der Waals surface area contributed by atoms with Crippen LogP contribution in [-0.4, -0.2) is 42.5 Å². The van der Waals surface area contributed by atoms with Gasteiger partial charge in [0.25, 0.3) is 0 Å². The van der Waals surface area contributed by atoms with Crippen molar-refractivity contribution in [3.63, 3.8) is 0 Å². The van der Waals surface area contributed by atoms with E-state index in [1.807, 2.05) is 0 Å². The van der Waals surface area contributed by atoms with Crippen molar-refractivity contribution in [2.75, 3.05) is 31.1 Å². The van der Waals surface area contributed by atoms with Crippen LogP contribution in [0, 0.1) is 0 Å². The molecule has 3 rings (SSSR count). The molecule has 1 aromatic carbocycles. The number of amides is 1. The summed E-state index contributed by atoms with van der Waals surface area (Å²) in [7, 11) is 0. The van der Waals surface area contributed by atoms with Crippen LogP contribution in [0.3, 0.4) is 0 Å². The molecule has 2 aliphatic rings. The highest BCUT2D eigenvalue weighted by molar-refractivity contribution is 9.10. The Morgan fingerprint density at radius 3 is 2.16 bits per heavy atom. The number of hydrogen-bond donors (Lipinski definition) is 1. The maximum Gasteiger partial charge on any atom is 0.418 e. The second kappa shape index (κ2) is 7.90. The number of hydrogen-bond acceptors (Lipinski definition) is 3. The molecule has 0 unspecified atom stereocenters. The lowest BCUT2D eigenvalue weighted by Gasteiger charge is -2.38. The van der Waals surface area contributed by atoms with E-state index < -0.39 is 17.3 Å². The van der Waals surface area contributed by atoms with Crippen molar-refractivity contribution < 1.29 is 18.0 Å². The highest BCUT2D eigenvalue weighted by Gasteiger charge is 2.48. The Bertz CT molecular complexity index is 633. The van der Waals surface area contributed by atoms with Crippen molar-refractivity contribution in [3.8, 4) is 0 Å². The van der Waals surface area contributed by atoms with Crippen LogP contribution in [0.5, 0.6) is 0 Å². The second-order valence-corrected chi connectivity index (χ2v) is 7.01. The third-order valence-electron chi connectivity index (χ3n) is 4.39. The quantitative estimate of drug-likeness (QED) is 0.729. The Hall–Kier alpha value is -0.700. The first kappa shape index (κ1) is 22.3. The highest BCUT2D eigenvalue weighted by Crippen LogP contribution is 2.39. The summed E-state index contributed by atoms with van der Waals surface area (Å²) in [5.41, 5.74) is 4.67. The number of carbonyl (C=O) groups excluding carboxylic acids is 1. The summed E-state index contributed by atoms with van der Waals surface area (Å²) in [6.07, 6.45) is -3.03. The third kappa shape index (κ3) is 4.72. The molecule has 1 heterocycles. The first-order valence-corrected chi connectivity index (χ1v) is 8.20. The summed E-state index contributed by atoms with van der Waals surface area (Å²) in [5.74, 6) is -0.0796. The van der Waals surface area contributed by atoms with E-state index in [2.05, 4.69) is 15.9 Å². The molecule has 1 amide bonds. The summed E-state index contributed by atoms with van der Waals surface area (Å²) >= 11 is 3.08. The number of rotatable bonds is 2. The van der Waals surface area contributed by atoms with Crippen LogP contribution in [-0.2, 0) is 11.0 Å². The number of carbonyl (C=O) groups is 1. The fourth-order valence-electron chi connectivity index (χ4n) is 2.82. The van der Waals surface area contributed by atoms with Gasteiger partial charge in [-0.1, -0.05) is 15.9 Å². The molecular formula is C15H19BrCl2F3N3O. The van der Waals surface area contributed by atoms with Gasteiger partial charge in [-0.15, -0.1) is 24.8 Å². The molecular weight excluding hydrogens is 446 g/mol.